The van der Waals surface area contributed by atoms with Crippen LogP contribution in [0, 0.1) is 24.1 Å². The molecule has 240 valence electrons. The number of hydrogen-bond donors (Lipinski definition) is 2. The monoisotopic (exact) mass is 603 g/mol. The van der Waals surface area contributed by atoms with Gasteiger partial charge in [-0.25, -0.2) is 4.39 Å². The Kier molecular flexibility index (Phi) is 18.5. The van der Waals surface area contributed by atoms with Crippen LogP contribution in [0.5, 0.6) is 0 Å². The van der Waals surface area contributed by atoms with Crippen LogP contribution in [0.2, 0.25) is 0 Å². The average molecular weight is 604 g/mol. The standard InChI is InChI=1S/C14H20O.C12H15F3.C7H7F.C2H5N.C2H6/c1-4-5-11-9-14(3)12(8-10(11)2)6-7-13(14)15;1-3-10-6-4-5-7-11(10)8-9(2)12(13,14)15;1-6-2-4-7(8)5-3-6;1-2-3;1-2/h4-5,8,13,15H,6-7,9H2,1-3H3;4-7,9H,3,8H2,1-2H3;2-5H,1H3;2H,1,3H2;1-2H3/b5-4-;;;;/t;9-;;;/m.1.../s1. The van der Waals surface area contributed by atoms with Crippen molar-refractivity contribution in [3.63, 3.8) is 0 Å². The molecule has 43 heavy (non-hydrogen) atoms. The van der Waals surface area contributed by atoms with Crippen LogP contribution < -0.4 is 5.73 Å². The molecule has 3 atom stereocenters. The van der Waals surface area contributed by atoms with Crippen molar-refractivity contribution in [1.29, 1.82) is 0 Å². The van der Waals surface area contributed by atoms with Crippen LogP contribution in [0.3, 0.4) is 0 Å². The zero-order valence-electron chi connectivity index (χ0n) is 27.4. The maximum Gasteiger partial charge on any atom is 0.391 e. The van der Waals surface area contributed by atoms with Crippen LogP contribution in [-0.4, -0.2) is 17.4 Å². The van der Waals surface area contributed by atoms with Gasteiger partial charge in [0.05, 0.1) is 12.0 Å². The molecule has 2 aromatic carbocycles. The highest BCUT2D eigenvalue weighted by Crippen LogP contribution is 2.50. The molecule has 3 N–H and O–H groups in total. The lowest BCUT2D eigenvalue weighted by Gasteiger charge is -2.34. The third-order valence-electron chi connectivity index (χ3n) is 7.57. The molecule has 0 spiro atoms. The van der Waals surface area contributed by atoms with E-state index >= 15 is 0 Å². The summed E-state index contributed by atoms with van der Waals surface area (Å²) in [5.74, 6) is -1.44. The van der Waals surface area contributed by atoms with Crippen LogP contribution in [0.25, 0.3) is 0 Å². The third kappa shape index (κ3) is 13.4. The van der Waals surface area contributed by atoms with Crippen molar-refractivity contribution in [2.75, 3.05) is 0 Å². The second-order valence-electron chi connectivity index (χ2n) is 10.8. The third-order valence-corrected chi connectivity index (χ3v) is 7.57. The summed E-state index contributed by atoms with van der Waals surface area (Å²) in [6.45, 7) is 18.7. The predicted octanol–water partition coefficient (Wildman–Crippen LogP) is 10.6. The maximum absolute atomic E-state index is 12.4. The Morgan fingerprint density at radius 1 is 1.07 bits per heavy atom. The summed E-state index contributed by atoms with van der Waals surface area (Å²) >= 11 is 0. The van der Waals surface area contributed by atoms with E-state index in [1.165, 1.54) is 42.0 Å². The minimum Gasteiger partial charge on any atom is -0.405 e. The van der Waals surface area contributed by atoms with Gasteiger partial charge in [0.15, 0.2) is 0 Å². The minimum atomic E-state index is -4.10. The van der Waals surface area contributed by atoms with Gasteiger partial charge in [-0.15, -0.1) is 0 Å². The van der Waals surface area contributed by atoms with E-state index < -0.39 is 12.1 Å². The molecule has 0 bridgehead atoms. The van der Waals surface area contributed by atoms with E-state index in [-0.39, 0.29) is 23.8 Å². The Morgan fingerprint density at radius 3 is 2.07 bits per heavy atom. The van der Waals surface area contributed by atoms with Crippen molar-refractivity contribution >= 4 is 0 Å². The van der Waals surface area contributed by atoms with Gasteiger partial charge in [-0.05, 0) is 93.5 Å². The molecule has 6 heteroatoms. The zero-order valence-corrected chi connectivity index (χ0v) is 27.4. The molecule has 0 heterocycles. The smallest absolute Gasteiger partial charge is 0.391 e. The number of nitrogens with two attached hydrogens (primary N) is 1. The van der Waals surface area contributed by atoms with Gasteiger partial charge in [0.1, 0.15) is 5.82 Å². The zero-order chi connectivity index (χ0) is 33.2. The second kappa shape index (κ2) is 20.0. The Bertz CT molecular complexity index is 1160. The molecule has 2 nitrogen and oxygen atoms in total. The molecule has 4 rings (SSSR count). The first-order valence-corrected chi connectivity index (χ1v) is 15.1. The van der Waals surface area contributed by atoms with Gasteiger partial charge in [-0.3, -0.25) is 0 Å². The molecule has 1 saturated carbocycles. The SMILES string of the molecule is C/C=C\C1=C(C)C=C2CCC(O)C2(C)C1.C=CN.CC.CCc1ccccc1C[C@@H](C)C(F)(F)F.Cc1ccc(F)cc1. The normalized spacial score (nSPS) is 19.6. The lowest BCUT2D eigenvalue weighted by molar-refractivity contribution is -0.169. The van der Waals surface area contributed by atoms with Gasteiger partial charge < -0.3 is 10.8 Å². The van der Waals surface area contributed by atoms with Crippen molar-refractivity contribution in [2.24, 2.45) is 17.1 Å². The number of aliphatic hydroxyl groups excluding tert-OH is 1. The fourth-order valence-corrected chi connectivity index (χ4v) is 4.94. The number of benzene rings is 2. The van der Waals surface area contributed by atoms with Gasteiger partial charge >= 0.3 is 6.18 Å². The number of aryl methyl sites for hydroxylation is 2. The van der Waals surface area contributed by atoms with Gasteiger partial charge in [0.25, 0.3) is 0 Å². The summed E-state index contributed by atoms with van der Waals surface area (Å²) in [5, 5.41) is 10.1. The van der Waals surface area contributed by atoms with Crippen LogP contribution in [-0.2, 0) is 12.8 Å². The summed E-state index contributed by atoms with van der Waals surface area (Å²) < 4.78 is 49.2. The molecule has 0 aromatic heterocycles. The first kappa shape index (κ1) is 39.9. The van der Waals surface area contributed by atoms with Crippen molar-refractivity contribution in [2.45, 2.75) is 99.8 Å². The predicted molar refractivity (Wildman–Crippen MR) is 175 cm³/mol. The fraction of sp³-hybridized carbons (Fsp3) is 0.459. The molecule has 2 aromatic rings. The first-order chi connectivity index (χ1) is 20.2. The van der Waals surface area contributed by atoms with Crippen LogP contribution in [0.15, 0.2) is 96.3 Å². The highest BCUT2D eigenvalue weighted by Gasteiger charge is 2.43. The van der Waals surface area contributed by atoms with Crippen molar-refractivity contribution in [3.05, 3.63) is 119 Å². The Labute approximate surface area is 258 Å². The van der Waals surface area contributed by atoms with Crippen LogP contribution in [0.4, 0.5) is 17.6 Å². The molecule has 0 amide bonds. The number of allylic oxidation sites excluding steroid dienone is 5. The largest absolute Gasteiger partial charge is 0.405 e. The lowest BCUT2D eigenvalue weighted by atomic mass is 9.72. The molecular weight excluding hydrogens is 550 g/mol. The molecular formula is C37H53F4NO. The fourth-order valence-electron chi connectivity index (χ4n) is 4.94. The summed E-state index contributed by atoms with van der Waals surface area (Å²) in [5.41, 5.74) is 11.7. The van der Waals surface area contributed by atoms with Crippen LogP contribution in [0.1, 0.15) is 84.4 Å². The maximum atomic E-state index is 12.4. The molecule has 0 radical (unpaired) electrons. The summed E-state index contributed by atoms with van der Waals surface area (Å²) in [4.78, 5) is 0. The number of hydrogen-bond acceptors (Lipinski definition) is 2. The lowest BCUT2D eigenvalue weighted by Crippen LogP contribution is -2.30. The van der Waals surface area contributed by atoms with E-state index in [0.717, 1.165) is 42.4 Å². The van der Waals surface area contributed by atoms with E-state index in [1.807, 2.05) is 46.8 Å². The second-order valence-corrected chi connectivity index (χ2v) is 10.8. The highest BCUT2D eigenvalue weighted by molar-refractivity contribution is 5.43. The van der Waals surface area contributed by atoms with Crippen molar-refractivity contribution in [3.8, 4) is 0 Å². The number of alkyl halides is 3. The van der Waals surface area contributed by atoms with E-state index in [9.17, 15) is 22.7 Å². The number of halogens is 4. The molecule has 0 aliphatic heterocycles. The first-order valence-electron chi connectivity index (χ1n) is 15.1. The average Bonchev–Trinajstić information content (AvgIpc) is 3.25. The molecule has 2 unspecified atom stereocenters. The highest BCUT2D eigenvalue weighted by atomic mass is 19.4. The topological polar surface area (TPSA) is 46.2 Å². The van der Waals surface area contributed by atoms with E-state index in [0.29, 0.717) is 0 Å². The van der Waals surface area contributed by atoms with Crippen LogP contribution >= 0.6 is 0 Å². The summed E-state index contributed by atoms with van der Waals surface area (Å²) in [6.07, 6.45) is 7.40. The van der Waals surface area contributed by atoms with E-state index in [1.54, 1.807) is 24.3 Å². The molecule has 2 aliphatic rings. The van der Waals surface area contributed by atoms with Gasteiger partial charge in [0.2, 0.25) is 0 Å². The minimum absolute atomic E-state index is 0.00829. The molecule has 0 saturated heterocycles. The molecule has 1 fully saturated rings. The molecule has 2 aliphatic carbocycles. The van der Waals surface area contributed by atoms with E-state index in [2.05, 4.69) is 44.4 Å². The summed E-state index contributed by atoms with van der Waals surface area (Å²) in [7, 11) is 0. The number of rotatable bonds is 4. The van der Waals surface area contributed by atoms with Crippen molar-refractivity contribution < 1.29 is 22.7 Å². The van der Waals surface area contributed by atoms with Gasteiger partial charge in [-0.1, -0.05) is 107 Å². The Hall–Kier alpha value is -3.12. The number of fused-ring (bicyclic) bond motifs is 1. The quantitative estimate of drug-likeness (QED) is 0.342. The number of aliphatic hydroxyl groups is 1. The summed E-state index contributed by atoms with van der Waals surface area (Å²) in [6, 6.07) is 13.7. The Morgan fingerprint density at radius 2 is 1.60 bits per heavy atom. The Balaban J connectivity index is 0.000000592. The van der Waals surface area contributed by atoms with Gasteiger partial charge in [0, 0.05) is 5.41 Å². The van der Waals surface area contributed by atoms with E-state index in [4.69, 9.17) is 0 Å². The van der Waals surface area contributed by atoms with Gasteiger partial charge in [-0.2, -0.15) is 13.2 Å². The van der Waals surface area contributed by atoms with Crippen molar-refractivity contribution in [1.82, 2.24) is 0 Å².